The van der Waals surface area contributed by atoms with Gasteiger partial charge in [-0.3, -0.25) is 9.99 Å². The number of nitrogens with one attached hydrogen (secondary N) is 4. The van der Waals surface area contributed by atoms with Crippen LogP contribution in [0.25, 0.3) is 10.9 Å². The van der Waals surface area contributed by atoms with E-state index in [0.29, 0.717) is 38.9 Å². The molecule has 4 aromatic rings. The molecule has 204 valence electrons. The number of hydrogen-bond donors (Lipinski definition) is 4. The van der Waals surface area contributed by atoms with Gasteiger partial charge in [-0.15, -0.1) is 5.53 Å². The quantitative estimate of drug-likeness (QED) is 0.183. The average Bonchev–Trinajstić information content (AvgIpc) is 3.73. The van der Waals surface area contributed by atoms with E-state index in [2.05, 4.69) is 38.7 Å². The van der Waals surface area contributed by atoms with Gasteiger partial charge in [-0.1, -0.05) is 54.1 Å². The molecular formula is C31H26ClFN8. The van der Waals surface area contributed by atoms with Gasteiger partial charge in [0.2, 0.25) is 0 Å². The highest BCUT2D eigenvalue weighted by molar-refractivity contribution is 6.35. The summed E-state index contributed by atoms with van der Waals surface area (Å²) in [7, 11) is 0. The summed E-state index contributed by atoms with van der Waals surface area (Å²) in [6, 6.07) is 23.9. The summed E-state index contributed by atoms with van der Waals surface area (Å²) < 4.78 is 13.8. The van der Waals surface area contributed by atoms with Gasteiger partial charge in [0.05, 0.1) is 52.1 Å². The summed E-state index contributed by atoms with van der Waals surface area (Å²) >= 11 is 6.76. The zero-order valence-corrected chi connectivity index (χ0v) is 22.7. The van der Waals surface area contributed by atoms with Crippen molar-refractivity contribution in [2.75, 3.05) is 10.6 Å². The van der Waals surface area contributed by atoms with Crippen LogP contribution in [-0.2, 0) is 0 Å². The Bertz CT molecular complexity index is 1690. The normalized spacial score (nSPS) is 15.8. The number of aromatic nitrogens is 1. The number of nitriles is 2. The maximum atomic E-state index is 13.8. The molecule has 2 atom stereocenters. The zero-order valence-electron chi connectivity index (χ0n) is 21.9. The fraction of sp³-hybridized carbons (Fsp3) is 0.194. The Morgan fingerprint density at radius 1 is 1.05 bits per heavy atom. The summed E-state index contributed by atoms with van der Waals surface area (Å²) in [4.78, 5) is 4.47. The van der Waals surface area contributed by atoms with Gasteiger partial charge in [0.15, 0.2) is 0 Å². The van der Waals surface area contributed by atoms with Crippen LogP contribution in [0.15, 0.2) is 84.8 Å². The van der Waals surface area contributed by atoms with Gasteiger partial charge in [0.25, 0.3) is 0 Å². The first-order chi connectivity index (χ1) is 20.0. The van der Waals surface area contributed by atoms with Crippen molar-refractivity contribution >= 4 is 33.9 Å². The molecule has 0 bridgehead atoms. The number of fused-ring (bicyclic) bond motifs is 1. The predicted molar refractivity (Wildman–Crippen MR) is 156 cm³/mol. The summed E-state index contributed by atoms with van der Waals surface area (Å²) in [5.41, 5.74) is 11.2. The molecule has 10 heteroatoms. The summed E-state index contributed by atoms with van der Waals surface area (Å²) in [6.45, 7) is 0. The van der Waals surface area contributed by atoms with Crippen LogP contribution in [0.2, 0.25) is 5.02 Å². The minimum atomic E-state index is -0.362. The van der Waals surface area contributed by atoms with Crippen molar-refractivity contribution in [3.63, 3.8) is 0 Å². The van der Waals surface area contributed by atoms with E-state index in [9.17, 15) is 14.9 Å². The standard InChI is InChI=1S/C31H26ClFN8/c32-26-15-23(37-30(20-6-8-22(33)9-7-20)28-18-41(40-39-28)24-10-11-24)14-25-29(21(16-35)17-36-31(25)26)38-27(12-13-34)19-4-2-1-3-5-19/h1-9,14-15,17-18,24,27,30,37,39-40H,10-12H2,(H,36,38)/t27-,30?/m0/s1. The third-order valence-corrected chi connectivity index (χ3v) is 7.52. The molecule has 1 unspecified atom stereocenters. The zero-order chi connectivity index (χ0) is 28.3. The topological polar surface area (TPSA) is 112 Å². The van der Waals surface area contributed by atoms with Crippen LogP contribution >= 0.6 is 11.6 Å². The van der Waals surface area contributed by atoms with E-state index in [0.717, 1.165) is 29.7 Å². The van der Waals surface area contributed by atoms with Crippen molar-refractivity contribution in [2.45, 2.75) is 37.4 Å². The van der Waals surface area contributed by atoms with Crippen molar-refractivity contribution < 1.29 is 4.39 Å². The van der Waals surface area contributed by atoms with Crippen LogP contribution < -0.4 is 21.6 Å². The molecule has 1 fully saturated rings. The van der Waals surface area contributed by atoms with Gasteiger partial charge in [-0.25, -0.2) is 4.39 Å². The maximum Gasteiger partial charge on any atom is 0.123 e. The van der Waals surface area contributed by atoms with Crippen molar-refractivity contribution in [3.8, 4) is 12.1 Å². The Labute approximate surface area is 242 Å². The number of hydrazine groups is 2. The van der Waals surface area contributed by atoms with Gasteiger partial charge in [0, 0.05) is 29.5 Å². The van der Waals surface area contributed by atoms with Crippen molar-refractivity contribution in [1.29, 1.82) is 10.5 Å². The maximum absolute atomic E-state index is 13.8. The molecule has 1 aliphatic heterocycles. The van der Waals surface area contributed by atoms with Crippen LogP contribution in [0, 0.1) is 28.5 Å². The van der Waals surface area contributed by atoms with Crippen molar-refractivity contribution in [3.05, 3.63) is 112 Å². The first-order valence-corrected chi connectivity index (χ1v) is 13.7. The number of hydrogen-bond acceptors (Lipinski definition) is 8. The number of nitrogens with zero attached hydrogens (tertiary/aromatic N) is 4. The molecular weight excluding hydrogens is 539 g/mol. The monoisotopic (exact) mass is 564 g/mol. The number of anilines is 2. The first-order valence-electron chi connectivity index (χ1n) is 13.3. The Hall–Kier alpha value is -4.83. The number of rotatable bonds is 9. The van der Waals surface area contributed by atoms with Crippen molar-refractivity contribution in [2.24, 2.45) is 0 Å². The number of benzene rings is 3. The molecule has 0 saturated heterocycles. The Morgan fingerprint density at radius 3 is 2.54 bits per heavy atom. The average molecular weight is 565 g/mol. The molecule has 1 aliphatic carbocycles. The summed E-state index contributed by atoms with van der Waals surface area (Å²) in [5, 5.41) is 29.6. The van der Waals surface area contributed by atoms with Gasteiger partial charge in [0.1, 0.15) is 11.9 Å². The smallest absolute Gasteiger partial charge is 0.123 e. The molecule has 2 heterocycles. The summed E-state index contributed by atoms with van der Waals surface area (Å²) in [5.74, 6) is -0.316. The van der Waals surface area contributed by atoms with Crippen LogP contribution in [-0.4, -0.2) is 16.0 Å². The molecule has 41 heavy (non-hydrogen) atoms. The molecule has 0 spiro atoms. The van der Waals surface area contributed by atoms with Crippen LogP contribution in [0.5, 0.6) is 0 Å². The van der Waals surface area contributed by atoms with Crippen LogP contribution in [0.4, 0.5) is 15.8 Å². The van der Waals surface area contributed by atoms with Crippen LogP contribution in [0.3, 0.4) is 0 Å². The third kappa shape index (κ3) is 5.59. The van der Waals surface area contributed by atoms with E-state index < -0.39 is 0 Å². The second kappa shape index (κ2) is 11.3. The summed E-state index contributed by atoms with van der Waals surface area (Å²) in [6.07, 6.45) is 5.95. The largest absolute Gasteiger partial charge is 0.376 e. The Balaban J connectivity index is 1.41. The number of halogens is 2. The molecule has 2 aliphatic rings. The predicted octanol–water partition coefficient (Wildman–Crippen LogP) is 6.45. The van der Waals surface area contributed by atoms with Gasteiger partial charge in [-0.05, 0) is 48.2 Å². The Morgan fingerprint density at radius 2 is 1.83 bits per heavy atom. The molecule has 8 nitrogen and oxygen atoms in total. The molecule has 4 N–H and O–H groups in total. The minimum Gasteiger partial charge on any atom is -0.376 e. The highest BCUT2D eigenvalue weighted by atomic mass is 35.5. The molecule has 1 saturated carbocycles. The minimum absolute atomic E-state index is 0.196. The third-order valence-electron chi connectivity index (χ3n) is 7.23. The van der Waals surface area contributed by atoms with Gasteiger partial charge in [-0.2, -0.15) is 10.5 Å². The molecule has 0 radical (unpaired) electrons. The highest BCUT2D eigenvalue weighted by Gasteiger charge is 2.32. The van der Waals surface area contributed by atoms with E-state index in [4.69, 9.17) is 11.6 Å². The highest BCUT2D eigenvalue weighted by Crippen LogP contribution is 2.38. The van der Waals surface area contributed by atoms with E-state index in [1.165, 1.54) is 18.3 Å². The lowest BCUT2D eigenvalue weighted by Gasteiger charge is -2.23. The lowest BCUT2D eigenvalue weighted by molar-refractivity contribution is 0.260. The van der Waals surface area contributed by atoms with E-state index in [1.54, 1.807) is 18.2 Å². The van der Waals surface area contributed by atoms with E-state index in [-0.39, 0.29) is 24.3 Å². The second-order valence-electron chi connectivity index (χ2n) is 10.1. The SMILES string of the molecule is N#CC[C@H](Nc1c(C#N)cnc2c(Cl)cc(NC(C3=CN(C4CC4)NN3)c3ccc(F)cc3)cc12)c1ccccc1. The fourth-order valence-electron chi connectivity index (χ4n) is 4.99. The lowest BCUT2D eigenvalue weighted by atomic mass is 10.0. The molecule has 0 amide bonds. The fourth-order valence-corrected chi connectivity index (χ4v) is 5.26. The number of pyridine rings is 1. The second-order valence-corrected chi connectivity index (χ2v) is 10.5. The molecule has 3 aromatic carbocycles. The van der Waals surface area contributed by atoms with Gasteiger partial charge >= 0.3 is 0 Å². The van der Waals surface area contributed by atoms with Crippen LogP contribution in [0.1, 0.15) is 48.0 Å². The first kappa shape index (κ1) is 26.4. The van der Waals surface area contributed by atoms with Crippen molar-refractivity contribution in [1.82, 2.24) is 21.0 Å². The lowest BCUT2D eigenvalue weighted by Crippen LogP contribution is -2.38. The van der Waals surface area contributed by atoms with E-state index in [1.807, 2.05) is 47.6 Å². The molecule has 6 rings (SSSR count). The Kier molecular flexibility index (Phi) is 7.30. The van der Waals surface area contributed by atoms with Gasteiger partial charge < -0.3 is 16.1 Å². The van der Waals surface area contributed by atoms with E-state index >= 15 is 0 Å². The molecule has 1 aromatic heterocycles.